The molecule has 0 radical (unpaired) electrons. The Balaban J connectivity index is 1.75. The second-order valence-corrected chi connectivity index (χ2v) is 8.99. The summed E-state index contributed by atoms with van der Waals surface area (Å²) in [6.07, 6.45) is 5.89. The van der Waals surface area contributed by atoms with E-state index in [9.17, 15) is 13.2 Å². The van der Waals surface area contributed by atoms with Crippen molar-refractivity contribution in [3.05, 3.63) is 0 Å². The Morgan fingerprint density at radius 1 is 1.47 bits per heavy atom. The maximum atomic E-state index is 11.9. The third-order valence-electron chi connectivity index (χ3n) is 4.04. The minimum atomic E-state index is -2.97. The van der Waals surface area contributed by atoms with Crippen LogP contribution in [0.2, 0.25) is 0 Å². The maximum absolute atomic E-state index is 11.9. The van der Waals surface area contributed by atoms with E-state index in [1.54, 1.807) is 0 Å². The van der Waals surface area contributed by atoms with Gasteiger partial charge in [-0.15, -0.1) is 0 Å². The molecule has 7 heteroatoms. The highest BCUT2D eigenvalue weighted by Crippen LogP contribution is 2.42. The van der Waals surface area contributed by atoms with Gasteiger partial charge in [0.05, 0.1) is 11.5 Å². The van der Waals surface area contributed by atoms with E-state index < -0.39 is 9.84 Å². The van der Waals surface area contributed by atoms with Gasteiger partial charge in [-0.3, -0.25) is 4.79 Å². The molecule has 1 unspecified atom stereocenters. The average molecular weight is 306 g/mol. The van der Waals surface area contributed by atoms with Crippen molar-refractivity contribution in [2.24, 2.45) is 0 Å². The molecule has 1 amide bonds. The zero-order chi connectivity index (χ0) is 13.9. The van der Waals surface area contributed by atoms with Crippen LogP contribution in [0.25, 0.3) is 0 Å². The summed E-state index contributed by atoms with van der Waals surface area (Å²) in [6.45, 7) is 1.15. The quantitative estimate of drug-likeness (QED) is 0.757. The van der Waals surface area contributed by atoms with Crippen LogP contribution in [0, 0.1) is 0 Å². The van der Waals surface area contributed by atoms with Gasteiger partial charge in [0.15, 0.2) is 9.84 Å². The molecule has 2 aliphatic rings. The van der Waals surface area contributed by atoms with Crippen LogP contribution in [0.15, 0.2) is 0 Å². The molecule has 0 aromatic heterocycles. The number of sulfone groups is 1. The lowest BCUT2D eigenvalue weighted by molar-refractivity contribution is -0.121. The first-order valence-electron chi connectivity index (χ1n) is 6.70. The predicted molar refractivity (Wildman–Crippen MR) is 78.2 cm³/mol. The first-order chi connectivity index (χ1) is 8.95. The molecule has 2 N–H and O–H groups in total. The minimum absolute atomic E-state index is 0.0464. The Bertz CT molecular complexity index is 427. The van der Waals surface area contributed by atoms with Gasteiger partial charge in [-0.25, -0.2) is 8.42 Å². The molecule has 0 spiro atoms. The van der Waals surface area contributed by atoms with Crippen LogP contribution in [0.3, 0.4) is 0 Å². The molecular formula is C12H22N2O3S2. The van der Waals surface area contributed by atoms with Crippen molar-refractivity contribution in [1.29, 1.82) is 0 Å². The summed E-state index contributed by atoms with van der Waals surface area (Å²) >= 11 is 1.82. The van der Waals surface area contributed by atoms with Crippen molar-refractivity contribution in [1.82, 2.24) is 10.6 Å². The molecule has 2 fully saturated rings. The molecule has 1 atom stereocenters. The van der Waals surface area contributed by atoms with Crippen molar-refractivity contribution in [3.63, 3.8) is 0 Å². The lowest BCUT2D eigenvalue weighted by Crippen LogP contribution is -2.49. The molecule has 2 rings (SSSR count). The Morgan fingerprint density at radius 3 is 2.74 bits per heavy atom. The highest BCUT2D eigenvalue weighted by atomic mass is 32.2. The Kier molecular flexibility index (Phi) is 4.79. The van der Waals surface area contributed by atoms with Crippen LogP contribution < -0.4 is 10.6 Å². The zero-order valence-electron chi connectivity index (χ0n) is 11.3. The number of thioether (sulfide) groups is 1. The molecule has 1 saturated carbocycles. The van der Waals surface area contributed by atoms with E-state index in [-0.39, 0.29) is 34.6 Å². The number of carbonyl (C=O) groups excluding carboxylic acids is 1. The molecule has 1 saturated heterocycles. The van der Waals surface area contributed by atoms with Crippen LogP contribution in [-0.2, 0) is 14.6 Å². The van der Waals surface area contributed by atoms with Gasteiger partial charge in [-0.05, 0) is 19.1 Å². The average Bonchev–Trinajstić information content (AvgIpc) is 2.26. The van der Waals surface area contributed by atoms with Gasteiger partial charge < -0.3 is 10.6 Å². The second kappa shape index (κ2) is 6.01. The van der Waals surface area contributed by atoms with Gasteiger partial charge in [0.1, 0.15) is 0 Å². The smallest absolute Gasteiger partial charge is 0.221 e. The van der Waals surface area contributed by atoms with Crippen LogP contribution in [-0.4, -0.2) is 56.0 Å². The third kappa shape index (κ3) is 4.10. The Morgan fingerprint density at radius 2 is 2.21 bits per heavy atom. The van der Waals surface area contributed by atoms with Crippen LogP contribution in [0.5, 0.6) is 0 Å². The summed E-state index contributed by atoms with van der Waals surface area (Å²) in [7, 11) is -2.97. The van der Waals surface area contributed by atoms with E-state index in [4.69, 9.17) is 0 Å². The fourth-order valence-electron chi connectivity index (χ4n) is 2.58. The first kappa shape index (κ1) is 15.1. The maximum Gasteiger partial charge on any atom is 0.221 e. The molecule has 19 heavy (non-hydrogen) atoms. The van der Waals surface area contributed by atoms with Gasteiger partial charge >= 0.3 is 0 Å². The fourth-order valence-corrected chi connectivity index (χ4v) is 4.94. The van der Waals surface area contributed by atoms with Crippen molar-refractivity contribution in [3.8, 4) is 0 Å². The van der Waals surface area contributed by atoms with Crippen molar-refractivity contribution in [2.45, 2.75) is 36.5 Å². The van der Waals surface area contributed by atoms with E-state index in [1.807, 2.05) is 11.8 Å². The summed E-state index contributed by atoms with van der Waals surface area (Å²) in [5.74, 6) is 0.212. The van der Waals surface area contributed by atoms with Crippen LogP contribution in [0.1, 0.15) is 25.7 Å². The van der Waals surface area contributed by atoms with Gasteiger partial charge in [0.2, 0.25) is 5.91 Å². The topological polar surface area (TPSA) is 75.3 Å². The summed E-state index contributed by atoms with van der Waals surface area (Å²) < 4.78 is 23.2. The predicted octanol–water partition coefficient (Wildman–Crippen LogP) is 0.165. The summed E-state index contributed by atoms with van der Waals surface area (Å²) in [5, 5.41) is 6.06. The second-order valence-electron chi connectivity index (χ2n) is 5.49. The van der Waals surface area contributed by atoms with Gasteiger partial charge in [0, 0.05) is 30.3 Å². The number of nitrogens with one attached hydrogen (secondary N) is 2. The summed E-state index contributed by atoms with van der Waals surface area (Å²) in [5.41, 5.74) is 0. The standard InChI is InChI=1S/C12H22N2O3S2/c1-18-12(3-2-4-12)9-14-11(15)7-10-8-19(16,17)6-5-13-10/h10,13H,2-9H2,1H3,(H,14,15). The molecule has 1 aliphatic carbocycles. The SMILES string of the molecule is CSC1(CNC(=O)CC2CS(=O)(=O)CCN2)CCC1. The van der Waals surface area contributed by atoms with Gasteiger partial charge in [-0.2, -0.15) is 11.8 Å². The fraction of sp³-hybridized carbons (Fsp3) is 0.917. The Labute approximate surface area is 119 Å². The number of hydrogen-bond acceptors (Lipinski definition) is 5. The minimum Gasteiger partial charge on any atom is -0.355 e. The summed E-state index contributed by atoms with van der Waals surface area (Å²) in [6, 6.07) is -0.231. The molecular weight excluding hydrogens is 284 g/mol. The highest BCUT2D eigenvalue weighted by Gasteiger charge is 2.36. The number of amides is 1. The molecule has 0 aromatic carbocycles. The van der Waals surface area contributed by atoms with Gasteiger partial charge in [-0.1, -0.05) is 6.42 Å². The molecule has 0 bridgehead atoms. The highest BCUT2D eigenvalue weighted by molar-refractivity contribution is 8.00. The van der Waals surface area contributed by atoms with Crippen LogP contribution >= 0.6 is 11.8 Å². The molecule has 5 nitrogen and oxygen atoms in total. The lowest BCUT2D eigenvalue weighted by Gasteiger charge is -2.40. The molecule has 1 aliphatic heterocycles. The number of hydrogen-bond donors (Lipinski definition) is 2. The van der Waals surface area contributed by atoms with Crippen molar-refractivity contribution >= 4 is 27.5 Å². The summed E-state index contributed by atoms with van der Waals surface area (Å²) in [4.78, 5) is 11.9. The molecule has 0 aromatic rings. The van der Waals surface area contributed by atoms with E-state index in [1.165, 1.54) is 6.42 Å². The lowest BCUT2D eigenvalue weighted by atomic mass is 9.84. The van der Waals surface area contributed by atoms with Gasteiger partial charge in [0.25, 0.3) is 0 Å². The molecule has 1 heterocycles. The number of carbonyl (C=O) groups is 1. The number of rotatable bonds is 5. The van der Waals surface area contributed by atoms with E-state index in [0.29, 0.717) is 13.1 Å². The first-order valence-corrected chi connectivity index (χ1v) is 9.75. The van der Waals surface area contributed by atoms with E-state index in [2.05, 4.69) is 16.9 Å². The molecule has 110 valence electrons. The Hall–Kier alpha value is -0.270. The third-order valence-corrected chi connectivity index (χ3v) is 7.19. The zero-order valence-corrected chi connectivity index (χ0v) is 12.9. The normalized spacial score (nSPS) is 28.4. The largest absolute Gasteiger partial charge is 0.355 e. The van der Waals surface area contributed by atoms with Crippen molar-refractivity contribution < 1.29 is 13.2 Å². The van der Waals surface area contributed by atoms with E-state index in [0.717, 1.165) is 12.8 Å². The van der Waals surface area contributed by atoms with Crippen LogP contribution in [0.4, 0.5) is 0 Å². The van der Waals surface area contributed by atoms with E-state index >= 15 is 0 Å². The monoisotopic (exact) mass is 306 g/mol. The van der Waals surface area contributed by atoms with Crippen molar-refractivity contribution in [2.75, 3.05) is 30.9 Å².